The van der Waals surface area contributed by atoms with Crippen LogP contribution in [0.3, 0.4) is 0 Å². The second-order valence-electron chi connectivity index (χ2n) is 8.08. The van der Waals surface area contributed by atoms with Crippen molar-refractivity contribution in [1.29, 1.82) is 0 Å². The van der Waals surface area contributed by atoms with E-state index in [9.17, 15) is 0 Å². The van der Waals surface area contributed by atoms with Gasteiger partial charge in [-0.3, -0.25) is 9.80 Å². The van der Waals surface area contributed by atoms with E-state index < -0.39 is 0 Å². The molecule has 4 heteroatoms. The highest BCUT2D eigenvalue weighted by Gasteiger charge is 2.31. The van der Waals surface area contributed by atoms with Gasteiger partial charge in [-0.25, -0.2) is 0 Å². The highest BCUT2D eigenvalue weighted by Crippen LogP contribution is 2.40. The van der Waals surface area contributed by atoms with Gasteiger partial charge in [0.1, 0.15) is 0 Å². The largest absolute Gasteiger partial charge is 0.454 e. The van der Waals surface area contributed by atoms with Gasteiger partial charge in [-0.2, -0.15) is 0 Å². The molecule has 0 radical (unpaired) electrons. The lowest BCUT2D eigenvalue weighted by atomic mass is 10.0. The van der Waals surface area contributed by atoms with Crippen molar-refractivity contribution in [3.8, 4) is 11.5 Å². The molecule has 3 aromatic rings. The first-order valence-electron chi connectivity index (χ1n) is 10.2. The summed E-state index contributed by atoms with van der Waals surface area (Å²) in [4.78, 5) is 5.24. The van der Waals surface area contributed by atoms with Crippen LogP contribution < -0.4 is 9.47 Å². The lowest BCUT2D eigenvalue weighted by molar-refractivity contribution is 0.0934. The fraction of sp³-hybridized carbons (Fsp3) is 0.333. The summed E-state index contributed by atoms with van der Waals surface area (Å²) in [5, 5.41) is 2.89. The lowest BCUT2D eigenvalue weighted by Crippen LogP contribution is -2.47. The van der Waals surface area contributed by atoms with E-state index >= 15 is 0 Å². The van der Waals surface area contributed by atoms with Crippen LogP contribution in [-0.2, 0) is 13.0 Å². The molecular formula is C24H24N2O2. The van der Waals surface area contributed by atoms with Gasteiger partial charge in [-0.05, 0) is 46.0 Å². The number of benzene rings is 3. The van der Waals surface area contributed by atoms with E-state index in [2.05, 4.69) is 58.3 Å². The zero-order chi connectivity index (χ0) is 18.5. The summed E-state index contributed by atoms with van der Waals surface area (Å²) < 4.78 is 10.9. The van der Waals surface area contributed by atoms with Crippen LogP contribution in [0.5, 0.6) is 11.5 Å². The minimum atomic E-state index is 0.341. The molecule has 2 heterocycles. The highest BCUT2D eigenvalue weighted by molar-refractivity contribution is 5.91. The molecule has 0 bridgehead atoms. The van der Waals surface area contributed by atoms with Crippen LogP contribution in [0.2, 0.25) is 0 Å². The summed E-state index contributed by atoms with van der Waals surface area (Å²) >= 11 is 0. The molecule has 4 nitrogen and oxygen atoms in total. The Morgan fingerprint density at radius 2 is 1.68 bits per heavy atom. The third-order valence-electron chi connectivity index (χ3n) is 6.49. The summed E-state index contributed by atoms with van der Waals surface area (Å²) in [7, 11) is 0. The van der Waals surface area contributed by atoms with Crippen molar-refractivity contribution in [2.75, 3.05) is 33.0 Å². The molecule has 1 aliphatic carbocycles. The smallest absolute Gasteiger partial charge is 0.231 e. The van der Waals surface area contributed by atoms with Crippen LogP contribution in [0.25, 0.3) is 10.8 Å². The number of hydrogen-bond acceptors (Lipinski definition) is 4. The van der Waals surface area contributed by atoms with Gasteiger partial charge in [0.05, 0.1) is 0 Å². The molecule has 0 spiro atoms. The van der Waals surface area contributed by atoms with Crippen molar-refractivity contribution in [3.63, 3.8) is 0 Å². The van der Waals surface area contributed by atoms with E-state index in [-0.39, 0.29) is 0 Å². The lowest BCUT2D eigenvalue weighted by Gasteiger charge is -2.38. The molecule has 0 aromatic heterocycles. The maximum absolute atomic E-state index is 5.52. The first-order valence-corrected chi connectivity index (χ1v) is 10.2. The van der Waals surface area contributed by atoms with Crippen LogP contribution in [0.15, 0.2) is 54.6 Å². The number of hydrogen-bond donors (Lipinski definition) is 0. The van der Waals surface area contributed by atoms with Gasteiger partial charge < -0.3 is 9.47 Å². The molecule has 0 saturated carbocycles. The van der Waals surface area contributed by atoms with Crippen molar-refractivity contribution in [3.05, 3.63) is 71.3 Å². The molecule has 0 N–H and O–H groups in total. The molecule has 1 saturated heterocycles. The molecular weight excluding hydrogens is 348 g/mol. The van der Waals surface area contributed by atoms with Crippen molar-refractivity contribution >= 4 is 10.8 Å². The van der Waals surface area contributed by atoms with E-state index in [0.29, 0.717) is 12.8 Å². The summed E-state index contributed by atoms with van der Waals surface area (Å²) in [5.74, 6) is 1.75. The topological polar surface area (TPSA) is 24.9 Å². The number of piperazine rings is 1. The normalized spacial score (nSPS) is 21.5. The van der Waals surface area contributed by atoms with Crippen molar-refractivity contribution in [2.24, 2.45) is 0 Å². The van der Waals surface area contributed by atoms with E-state index in [1.165, 1.54) is 27.5 Å². The quantitative estimate of drug-likeness (QED) is 0.694. The highest BCUT2D eigenvalue weighted by atomic mass is 16.7. The standard InChI is InChI=1S/C24H24N2O2/c1-3-18-4-2-6-20-21(14-19(5-1)24(18)20)26-11-9-25(10-12-26)15-17-7-8-22-23(13-17)28-16-27-22/h1-8,13,21H,9-12,14-16H2. The van der Waals surface area contributed by atoms with E-state index in [0.717, 1.165) is 50.6 Å². The molecule has 1 atom stereocenters. The molecule has 0 amide bonds. The number of ether oxygens (including phenoxy) is 2. The van der Waals surface area contributed by atoms with E-state index in [1.54, 1.807) is 0 Å². The minimum absolute atomic E-state index is 0.341. The molecule has 142 valence electrons. The van der Waals surface area contributed by atoms with Gasteiger partial charge in [0, 0.05) is 38.8 Å². The summed E-state index contributed by atoms with van der Waals surface area (Å²) in [6.07, 6.45) is 1.15. The third-order valence-corrected chi connectivity index (χ3v) is 6.49. The number of nitrogens with zero attached hydrogens (tertiary/aromatic N) is 2. The predicted octanol–water partition coefficient (Wildman–Crippen LogP) is 3.98. The summed E-state index contributed by atoms with van der Waals surface area (Å²) in [6.45, 7) is 5.78. The van der Waals surface area contributed by atoms with Gasteiger partial charge in [-0.15, -0.1) is 0 Å². The summed E-state index contributed by atoms with van der Waals surface area (Å²) in [5.41, 5.74) is 4.34. The third kappa shape index (κ3) is 2.67. The summed E-state index contributed by atoms with van der Waals surface area (Å²) in [6, 6.07) is 20.4. The number of fused-ring (bicyclic) bond motifs is 1. The van der Waals surface area contributed by atoms with Crippen LogP contribution in [0, 0.1) is 0 Å². The SMILES string of the molecule is c1cc2c3c(cccc3c1)C(N1CCN(Cc3ccc4c(c3)OCO4)CC1)C2. The van der Waals surface area contributed by atoms with Gasteiger partial charge in [0.15, 0.2) is 11.5 Å². The number of rotatable bonds is 3. The Morgan fingerprint density at radius 3 is 2.57 bits per heavy atom. The van der Waals surface area contributed by atoms with E-state index in [1.807, 2.05) is 6.07 Å². The Hall–Kier alpha value is -2.56. The van der Waals surface area contributed by atoms with Crippen LogP contribution in [0.1, 0.15) is 22.7 Å². The van der Waals surface area contributed by atoms with Gasteiger partial charge in [0.2, 0.25) is 6.79 Å². The molecule has 6 rings (SSSR count). The maximum Gasteiger partial charge on any atom is 0.231 e. The van der Waals surface area contributed by atoms with Crippen molar-refractivity contribution < 1.29 is 9.47 Å². The van der Waals surface area contributed by atoms with Gasteiger partial charge in [-0.1, -0.05) is 42.5 Å². The van der Waals surface area contributed by atoms with E-state index in [4.69, 9.17) is 9.47 Å². The van der Waals surface area contributed by atoms with Crippen LogP contribution in [-0.4, -0.2) is 42.8 Å². The fourth-order valence-corrected chi connectivity index (χ4v) is 5.07. The first-order chi connectivity index (χ1) is 13.8. The molecule has 1 unspecified atom stereocenters. The Labute approximate surface area is 165 Å². The average molecular weight is 372 g/mol. The minimum Gasteiger partial charge on any atom is -0.454 e. The average Bonchev–Trinajstić information content (AvgIpc) is 3.35. The Balaban J connectivity index is 1.14. The molecule has 1 fully saturated rings. The molecule has 28 heavy (non-hydrogen) atoms. The Morgan fingerprint density at radius 1 is 0.857 bits per heavy atom. The second kappa shape index (κ2) is 6.50. The van der Waals surface area contributed by atoms with Gasteiger partial charge >= 0.3 is 0 Å². The van der Waals surface area contributed by atoms with Crippen LogP contribution >= 0.6 is 0 Å². The fourth-order valence-electron chi connectivity index (χ4n) is 5.07. The van der Waals surface area contributed by atoms with Crippen molar-refractivity contribution in [2.45, 2.75) is 19.0 Å². The maximum atomic E-state index is 5.52. The molecule has 2 aliphatic heterocycles. The Bertz CT molecular complexity index is 1030. The molecule has 3 aromatic carbocycles. The van der Waals surface area contributed by atoms with Crippen LogP contribution in [0.4, 0.5) is 0 Å². The monoisotopic (exact) mass is 372 g/mol. The zero-order valence-corrected chi connectivity index (χ0v) is 15.9. The Kier molecular flexibility index (Phi) is 3.81. The van der Waals surface area contributed by atoms with Gasteiger partial charge in [0.25, 0.3) is 0 Å². The second-order valence-corrected chi connectivity index (χ2v) is 8.08. The molecule has 3 aliphatic rings. The first kappa shape index (κ1) is 16.4. The predicted molar refractivity (Wildman–Crippen MR) is 110 cm³/mol. The van der Waals surface area contributed by atoms with Crippen molar-refractivity contribution in [1.82, 2.24) is 9.80 Å². The zero-order valence-electron chi connectivity index (χ0n) is 15.9.